The minimum Gasteiger partial charge on any atom is -0.432 e. The summed E-state index contributed by atoms with van der Waals surface area (Å²) in [6, 6.07) is 14.2. The highest BCUT2D eigenvalue weighted by atomic mass is 28.4. The van der Waals surface area contributed by atoms with Crippen LogP contribution in [0.15, 0.2) is 48.5 Å². The fraction of sp³-hybridized carbons (Fsp3) is 0.381. The molecule has 0 bridgehead atoms. The Hall–Kier alpha value is -1.58. The Morgan fingerprint density at radius 3 is 1.31 bits per heavy atom. The van der Waals surface area contributed by atoms with Gasteiger partial charge < -0.3 is 27.3 Å². The third-order valence-electron chi connectivity index (χ3n) is 4.47. The van der Waals surface area contributed by atoms with Gasteiger partial charge in [0.05, 0.1) is 0 Å². The van der Waals surface area contributed by atoms with Gasteiger partial charge >= 0.3 is 23.3 Å². The van der Waals surface area contributed by atoms with Crippen LogP contribution in [0.2, 0.25) is 52.4 Å². The number of carbonyl (C=O) groups is 1. The molecule has 7 nitrogen and oxygen atoms in total. The maximum Gasteiger partial charge on any atom is 0.519 e. The summed E-state index contributed by atoms with van der Waals surface area (Å²) in [5.74, 6) is 0.688. The van der Waals surface area contributed by atoms with Crippen molar-refractivity contribution in [2.75, 3.05) is 0 Å². The Kier molecular flexibility index (Phi) is 8.11. The number of ether oxygens (including phenoxy) is 2. The van der Waals surface area contributed by atoms with Crippen LogP contribution in [-0.2, 0) is 8.23 Å². The molecular formula is C21H34O7Si4. The van der Waals surface area contributed by atoms with Crippen LogP contribution in [0, 0.1) is 0 Å². The topological polar surface area (TPSA) is 94.5 Å². The van der Waals surface area contributed by atoms with E-state index in [1.165, 1.54) is 0 Å². The van der Waals surface area contributed by atoms with Crippen LogP contribution in [0.25, 0.3) is 0 Å². The van der Waals surface area contributed by atoms with Crippen LogP contribution >= 0.6 is 0 Å². The summed E-state index contributed by atoms with van der Waals surface area (Å²) in [4.78, 5) is 32.7. The zero-order valence-corrected chi connectivity index (χ0v) is 24.1. The van der Waals surface area contributed by atoms with Gasteiger partial charge in [0.25, 0.3) is 0 Å². The van der Waals surface area contributed by atoms with E-state index in [4.69, 9.17) is 17.7 Å². The summed E-state index contributed by atoms with van der Waals surface area (Å²) in [5, 5.41) is 1.81. The molecule has 0 unspecified atom stereocenters. The van der Waals surface area contributed by atoms with E-state index in [2.05, 4.69) is 0 Å². The monoisotopic (exact) mass is 510 g/mol. The van der Waals surface area contributed by atoms with E-state index < -0.39 is 39.9 Å². The standard InChI is InChI=1S/C21H34O7Si4/c1-29(2,27-31(5,6)23)19-13-9-11-17(15-19)25-21(22)26-18-12-10-14-20(16-18)30(3,4)28-32(7,8)24/h9-16,23-24H,1-8H3. The first-order valence-corrected chi connectivity index (χ1v) is 22.0. The Morgan fingerprint density at radius 1 is 0.656 bits per heavy atom. The van der Waals surface area contributed by atoms with Crippen molar-refractivity contribution < 1.29 is 32.1 Å². The Morgan fingerprint density at radius 2 is 1.00 bits per heavy atom. The van der Waals surface area contributed by atoms with Gasteiger partial charge in [-0.2, -0.15) is 0 Å². The molecular weight excluding hydrogens is 477 g/mol. The van der Waals surface area contributed by atoms with Gasteiger partial charge in [-0.3, -0.25) is 0 Å². The van der Waals surface area contributed by atoms with Gasteiger partial charge in [0.1, 0.15) is 11.5 Å². The highest BCUT2D eigenvalue weighted by Crippen LogP contribution is 2.19. The molecule has 0 saturated heterocycles. The van der Waals surface area contributed by atoms with Crippen LogP contribution in [0.3, 0.4) is 0 Å². The van der Waals surface area contributed by atoms with E-state index >= 15 is 0 Å². The number of hydrogen-bond acceptors (Lipinski definition) is 7. The Bertz CT molecular complexity index is 874. The summed E-state index contributed by atoms with van der Waals surface area (Å²) in [6.07, 6.45) is -0.853. The SMILES string of the molecule is C[Si](C)(O)O[Si](C)(C)c1cccc(OC(=O)Oc2cccc([Si](C)(C)O[Si](C)(C)O)c2)c1. The highest BCUT2D eigenvalue weighted by molar-refractivity contribution is 6.91. The van der Waals surface area contributed by atoms with Crippen LogP contribution in [0.5, 0.6) is 11.5 Å². The molecule has 0 aliphatic carbocycles. The largest absolute Gasteiger partial charge is 0.519 e. The second kappa shape index (κ2) is 9.73. The number of benzene rings is 2. The second-order valence-corrected chi connectivity index (χ2v) is 24.2. The average Bonchev–Trinajstić information content (AvgIpc) is 2.58. The highest BCUT2D eigenvalue weighted by Gasteiger charge is 2.35. The summed E-state index contributed by atoms with van der Waals surface area (Å²) in [5.41, 5.74) is 0. The first-order chi connectivity index (χ1) is 14.5. The molecule has 2 aromatic carbocycles. The summed E-state index contributed by atoms with van der Waals surface area (Å²) in [7, 11) is -10.1. The molecule has 0 fully saturated rings. The van der Waals surface area contributed by atoms with Crippen LogP contribution in [-0.4, -0.2) is 49.5 Å². The second-order valence-electron chi connectivity index (χ2n) is 9.63. The first-order valence-electron chi connectivity index (χ1n) is 10.4. The van der Waals surface area contributed by atoms with Crippen molar-refractivity contribution in [3.63, 3.8) is 0 Å². The number of hydrogen-bond donors (Lipinski definition) is 2. The first kappa shape index (κ1) is 26.7. The zero-order valence-electron chi connectivity index (χ0n) is 20.1. The van der Waals surface area contributed by atoms with Crippen molar-refractivity contribution in [3.05, 3.63) is 48.5 Å². The summed E-state index contributed by atoms with van der Waals surface area (Å²) < 4.78 is 22.8. The molecule has 2 N–H and O–H groups in total. The molecule has 0 aromatic heterocycles. The molecule has 176 valence electrons. The minimum atomic E-state index is -2.70. The molecule has 0 heterocycles. The lowest BCUT2D eigenvalue weighted by molar-refractivity contribution is 0.152. The third kappa shape index (κ3) is 8.40. The summed E-state index contributed by atoms with van der Waals surface area (Å²) in [6.45, 7) is 14.9. The normalized spacial score (nSPS) is 13.1. The van der Waals surface area contributed by atoms with E-state index in [-0.39, 0.29) is 0 Å². The third-order valence-corrected chi connectivity index (χ3v) is 16.0. The van der Waals surface area contributed by atoms with Crippen molar-refractivity contribution in [3.8, 4) is 11.5 Å². The van der Waals surface area contributed by atoms with E-state index in [9.17, 15) is 14.4 Å². The molecule has 32 heavy (non-hydrogen) atoms. The molecule has 0 atom stereocenters. The zero-order chi connectivity index (χ0) is 24.4. The maximum atomic E-state index is 12.4. The molecule has 0 aliphatic rings. The maximum absolute atomic E-state index is 12.4. The van der Waals surface area contributed by atoms with Crippen LogP contribution < -0.4 is 19.8 Å². The molecule has 0 spiro atoms. The van der Waals surface area contributed by atoms with Gasteiger partial charge in [-0.25, -0.2) is 4.79 Å². The van der Waals surface area contributed by atoms with Crippen molar-refractivity contribution in [2.24, 2.45) is 0 Å². The van der Waals surface area contributed by atoms with Crippen LogP contribution in [0.4, 0.5) is 4.79 Å². The van der Waals surface area contributed by atoms with Crippen molar-refractivity contribution >= 4 is 50.3 Å². The van der Waals surface area contributed by atoms with Crippen molar-refractivity contribution in [2.45, 2.75) is 52.4 Å². The van der Waals surface area contributed by atoms with Gasteiger partial charge in [0.15, 0.2) is 0 Å². The molecule has 0 amide bonds. The number of rotatable bonds is 8. The minimum absolute atomic E-state index is 0.344. The molecule has 0 saturated carbocycles. The lowest BCUT2D eigenvalue weighted by Crippen LogP contribution is -2.52. The van der Waals surface area contributed by atoms with E-state index in [0.717, 1.165) is 10.4 Å². The fourth-order valence-corrected chi connectivity index (χ4v) is 16.4. The van der Waals surface area contributed by atoms with Crippen molar-refractivity contribution in [1.29, 1.82) is 0 Å². The Labute approximate surface area is 194 Å². The predicted molar refractivity (Wildman–Crippen MR) is 135 cm³/mol. The quantitative estimate of drug-likeness (QED) is 0.319. The van der Waals surface area contributed by atoms with E-state index in [1.807, 2.05) is 38.3 Å². The van der Waals surface area contributed by atoms with E-state index in [1.54, 1.807) is 62.6 Å². The molecule has 0 aliphatic heterocycles. The molecule has 2 rings (SSSR count). The van der Waals surface area contributed by atoms with Gasteiger partial charge in [-0.05, 0) is 87.0 Å². The van der Waals surface area contributed by atoms with Crippen LogP contribution in [0.1, 0.15) is 0 Å². The number of carbonyl (C=O) groups excluding carboxylic acids is 1. The van der Waals surface area contributed by atoms with Gasteiger partial charge in [-0.15, -0.1) is 0 Å². The van der Waals surface area contributed by atoms with E-state index in [0.29, 0.717) is 11.5 Å². The molecule has 11 heteroatoms. The average molecular weight is 511 g/mol. The predicted octanol–water partition coefficient (Wildman–Crippen LogP) is 3.51. The van der Waals surface area contributed by atoms with Gasteiger partial charge in [0, 0.05) is 0 Å². The van der Waals surface area contributed by atoms with Gasteiger partial charge in [-0.1, -0.05) is 24.3 Å². The van der Waals surface area contributed by atoms with Crippen molar-refractivity contribution in [1.82, 2.24) is 0 Å². The fourth-order valence-electron chi connectivity index (χ4n) is 3.45. The molecule has 0 radical (unpaired) electrons. The summed E-state index contributed by atoms with van der Waals surface area (Å²) >= 11 is 0. The van der Waals surface area contributed by atoms with Gasteiger partial charge in [0.2, 0.25) is 16.6 Å². The lowest BCUT2D eigenvalue weighted by atomic mass is 10.3. The lowest BCUT2D eigenvalue weighted by Gasteiger charge is -2.30. The Balaban J connectivity index is 2.12. The molecule has 2 aromatic rings. The smallest absolute Gasteiger partial charge is 0.432 e.